The summed E-state index contributed by atoms with van der Waals surface area (Å²) in [7, 11) is 0. The first-order valence-corrected chi connectivity index (χ1v) is 8.60. The summed E-state index contributed by atoms with van der Waals surface area (Å²) in [6.07, 6.45) is 3.43. The lowest BCUT2D eigenvalue weighted by Crippen LogP contribution is -2.38. The molecule has 0 radical (unpaired) electrons. The van der Waals surface area contributed by atoms with Gasteiger partial charge in [0.1, 0.15) is 5.60 Å². The molecule has 6 heteroatoms. The average molecular weight is 333 g/mol. The minimum absolute atomic E-state index is 0.0246. The molecule has 0 aromatic carbocycles. The predicted molar refractivity (Wildman–Crippen MR) is 90.9 cm³/mol. The summed E-state index contributed by atoms with van der Waals surface area (Å²) in [6.45, 7) is 10.4. The van der Waals surface area contributed by atoms with E-state index in [0.717, 1.165) is 37.2 Å². The number of aromatic amines is 1. The van der Waals surface area contributed by atoms with E-state index in [1.54, 1.807) is 11.1 Å². The molecule has 1 unspecified atom stereocenters. The second-order valence-corrected chi connectivity index (χ2v) is 8.14. The van der Waals surface area contributed by atoms with E-state index < -0.39 is 5.60 Å². The minimum Gasteiger partial charge on any atom is -0.444 e. The number of carbonyl (C=O) groups is 2. The first-order chi connectivity index (χ1) is 11.2. The smallest absolute Gasteiger partial charge is 0.410 e. The van der Waals surface area contributed by atoms with Gasteiger partial charge in [-0.3, -0.25) is 4.79 Å². The van der Waals surface area contributed by atoms with Gasteiger partial charge in [-0.1, -0.05) is 0 Å². The SMILES string of the molecule is Cc1[nH]ccc1C(=O)N1CCC2(CCN(C(=O)OC(C)(C)C)C2)C1. The topological polar surface area (TPSA) is 65.6 Å². The molecule has 132 valence electrons. The summed E-state index contributed by atoms with van der Waals surface area (Å²) in [6, 6.07) is 1.84. The van der Waals surface area contributed by atoms with Gasteiger partial charge >= 0.3 is 6.09 Å². The van der Waals surface area contributed by atoms with Crippen LogP contribution >= 0.6 is 0 Å². The van der Waals surface area contributed by atoms with E-state index in [4.69, 9.17) is 4.74 Å². The average Bonchev–Trinajstić information content (AvgIpc) is 3.18. The number of ether oxygens (including phenoxy) is 1. The van der Waals surface area contributed by atoms with Crippen molar-refractivity contribution in [3.05, 3.63) is 23.5 Å². The van der Waals surface area contributed by atoms with Crippen molar-refractivity contribution in [2.75, 3.05) is 26.2 Å². The highest BCUT2D eigenvalue weighted by atomic mass is 16.6. The van der Waals surface area contributed by atoms with Crippen molar-refractivity contribution < 1.29 is 14.3 Å². The second-order valence-electron chi connectivity index (χ2n) is 8.14. The Morgan fingerprint density at radius 3 is 2.38 bits per heavy atom. The Balaban J connectivity index is 1.62. The number of H-pyrrole nitrogens is 1. The maximum Gasteiger partial charge on any atom is 0.410 e. The molecule has 2 aliphatic heterocycles. The van der Waals surface area contributed by atoms with Crippen LogP contribution in [0.15, 0.2) is 12.3 Å². The summed E-state index contributed by atoms with van der Waals surface area (Å²) >= 11 is 0. The summed E-state index contributed by atoms with van der Waals surface area (Å²) in [5.74, 6) is 0.0846. The zero-order valence-electron chi connectivity index (χ0n) is 15.0. The Morgan fingerprint density at radius 1 is 1.17 bits per heavy atom. The molecule has 1 N–H and O–H groups in total. The van der Waals surface area contributed by atoms with Gasteiger partial charge < -0.3 is 19.5 Å². The fraction of sp³-hybridized carbons (Fsp3) is 0.667. The summed E-state index contributed by atoms with van der Waals surface area (Å²) in [4.78, 5) is 31.7. The van der Waals surface area contributed by atoms with E-state index in [2.05, 4.69) is 4.98 Å². The third kappa shape index (κ3) is 3.28. The molecule has 3 heterocycles. The molecule has 1 atom stereocenters. The molecular weight excluding hydrogens is 306 g/mol. The number of rotatable bonds is 1. The quantitative estimate of drug-likeness (QED) is 0.859. The van der Waals surface area contributed by atoms with Gasteiger partial charge in [0.15, 0.2) is 0 Å². The van der Waals surface area contributed by atoms with Gasteiger partial charge in [-0.25, -0.2) is 4.79 Å². The monoisotopic (exact) mass is 333 g/mol. The van der Waals surface area contributed by atoms with E-state index in [1.165, 1.54) is 0 Å². The number of hydrogen-bond acceptors (Lipinski definition) is 3. The largest absolute Gasteiger partial charge is 0.444 e. The van der Waals surface area contributed by atoms with Crippen LogP contribution in [0.25, 0.3) is 0 Å². The first-order valence-electron chi connectivity index (χ1n) is 8.60. The van der Waals surface area contributed by atoms with Crippen LogP contribution < -0.4 is 0 Å². The van der Waals surface area contributed by atoms with E-state index in [-0.39, 0.29) is 17.4 Å². The van der Waals surface area contributed by atoms with E-state index in [9.17, 15) is 9.59 Å². The van der Waals surface area contributed by atoms with Crippen LogP contribution in [0.4, 0.5) is 4.79 Å². The summed E-state index contributed by atoms with van der Waals surface area (Å²) in [5.41, 5.74) is 1.20. The molecule has 1 spiro atoms. The Hall–Kier alpha value is -1.98. The number of amides is 2. The lowest BCUT2D eigenvalue weighted by atomic mass is 9.86. The molecule has 0 aliphatic carbocycles. The molecule has 3 rings (SSSR count). The van der Waals surface area contributed by atoms with Crippen LogP contribution in [0, 0.1) is 12.3 Å². The van der Waals surface area contributed by atoms with Gasteiger partial charge in [-0.2, -0.15) is 0 Å². The van der Waals surface area contributed by atoms with Gasteiger partial charge in [0, 0.05) is 43.5 Å². The Kier molecular flexibility index (Phi) is 4.10. The first kappa shape index (κ1) is 16.9. The summed E-state index contributed by atoms with van der Waals surface area (Å²) < 4.78 is 5.48. The van der Waals surface area contributed by atoms with Crippen LogP contribution in [-0.2, 0) is 4.74 Å². The van der Waals surface area contributed by atoms with Crippen molar-refractivity contribution in [1.82, 2.24) is 14.8 Å². The number of aromatic nitrogens is 1. The highest BCUT2D eigenvalue weighted by Crippen LogP contribution is 2.40. The molecule has 1 aromatic heterocycles. The van der Waals surface area contributed by atoms with Gasteiger partial charge in [0.25, 0.3) is 5.91 Å². The highest BCUT2D eigenvalue weighted by Gasteiger charge is 2.46. The molecule has 2 aliphatic rings. The van der Waals surface area contributed by atoms with Crippen LogP contribution in [0.5, 0.6) is 0 Å². The van der Waals surface area contributed by atoms with Gasteiger partial charge in [-0.05, 0) is 46.6 Å². The predicted octanol–water partition coefficient (Wildman–Crippen LogP) is 2.80. The lowest BCUT2D eigenvalue weighted by molar-refractivity contribution is 0.0274. The number of likely N-dealkylation sites (tertiary alicyclic amines) is 2. The Labute approximate surface area is 143 Å². The van der Waals surface area contributed by atoms with E-state index >= 15 is 0 Å². The number of nitrogens with one attached hydrogen (secondary N) is 1. The third-order valence-corrected chi connectivity index (χ3v) is 5.00. The number of hydrogen-bond donors (Lipinski definition) is 1. The highest BCUT2D eigenvalue weighted by molar-refractivity contribution is 5.95. The summed E-state index contributed by atoms with van der Waals surface area (Å²) in [5, 5.41) is 0. The Bertz CT molecular complexity index is 646. The van der Waals surface area contributed by atoms with Crippen molar-refractivity contribution >= 4 is 12.0 Å². The molecule has 0 saturated carbocycles. The molecule has 0 bridgehead atoms. The van der Waals surface area contributed by atoms with Crippen molar-refractivity contribution in [1.29, 1.82) is 0 Å². The molecule has 2 saturated heterocycles. The zero-order chi connectivity index (χ0) is 17.5. The van der Waals surface area contributed by atoms with Crippen molar-refractivity contribution in [3.63, 3.8) is 0 Å². The van der Waals surface area contributed by atoms with Crippen LogP contribution in [0.2, 0.25) is 0 Å². The fourth-order valence-corrected chi connectivity index (χ4v) is 3.71. The molecule has 1 aromatic rings. The maximum absolute atomic E-state index is 12.7. The molecule has 6 nitrogen and oxygen atoms in total. The van der Waals surface area contributed by atoms with Crippen molar-refractivity contribution in [2.45, 2.75) is 46.1 Å². The van der Waals surface area contributed by atoms with Crippen LogP contribution in [0.1, 0.15) is 49.7 Å². The van der Waals surface area contributed by atoms with Gasteiger partial charge in [-0.15, -0.1) is 0 Å². The molecular formula is C18H27N3O3. The zero-order valence-corrected chi connectivity index (χ0v) is 15.0. The minimum atomic E-state index is -0.476. The standard InChI is InChI=1S/C18H27N3O3/c1-13-14(5-8-19-13)15(22)20-9-6-18(11-20)7-10-21(12-18)16(23)24-17(2,3)4/h5,8,19H,6-7,9-12H2,1-4H3. The molecule has 24 heavy (non-hydrogen) atoms. The second kappa shape index (κ2) is 5.83. The molecule has 2 fully saturated rings. The van der Waals surface area contributed by atoms with Gasteiger partial charge in [0.2, 0.25) is 0 Å². The normalized spacial score (nSPS) is 24.0. The van der Waals surface area contributed by atoms with Crippen LogP contribution in [-0.4, -0.2) is 58.6 Å². The maximum atomic E-state index is 12.7. The Morgan fingerprint density at radius 2 is 1.79 bits per heavy atom. The van der Waals surface area contributed by atoms with Crippen molar-refractivity contribution in [2.24, 2.45) is 5.41 Å². The third-order valence-electron chi connectivity index (χ3n) is 5.00. The van der Waals surface area contributed by atoms with Crippen molar-refractivity contribution in [3.8, 4) is 0 Å². The fourth-order valence-electron chi connectivity index (χ4n) is 3.71. The number of nitrogens with zero attached hydrogens (tertiary/aromatic N) is 2. The number of carbonyl (C=O) groups excluding carboxylic acids is 2. The molecule has 2 amide bonds. The number of aryl methyl sites for hydroxylation is 1. The lowest BCUT2D eigenvalue weighted by Gasteiger charge is -2.27. The van der Waals surface area contributed by atoms with E-state index in [1.807, 2.05) is 38.7 Å². The van der Waals surface area contributed by atoms with E-state index in [0.29, 0.717) is 13.1 Å². The van der Waals surface area contributed by atoms with Crippen LogP contribution in [0.3, 0.4) is 0 Å². The van der Waals surface area contributed by atoms with Gasteiger partial charge in [0.05, 0.1) is 5.56 Å².